The quantitative estimate of drug-likeness (QED) is 0.322. The van der Waals surface area contributed by atoms with Crippen LogP contribution in [-0.2, 0) is 4.79 Å². The van der Waals surface area contributed by atoms with E-state index in [-0.39, 0.29) is 29.0 Å². The number of fused-ring (bicyclic) bond motifs is 2. The number of aliphatic carboxylic acids is 1. The lowest BCUT2D eigenvalue weighted by Gasteiger charge is -2.45. The van der Waals surface area contributed by atoms with Gasteiger partial charge in [-0.2, -0.15) is 5.10 Å². The van der Waals surface area contributed by atoms with Crippen LogP contribution in [0.4, 0.5) is 4.39 Å². The first-order chi connectivity index (χ1) is 16.1. The Bertz CT molecular complexity index is 1410. The van der Waals surface area contributed by atoms with Crippen LogP contribution in [0, 0.1) is 24.1 Å². The van der Waals surface area contributed by atoms with Crippen molar-refractivity contribution in [3.63, 3.8) is 0 Å². The van der Waals surface area contributed by atoms with Crippen LogP contribution >= 0.6 is 0 Å². The van der Waals surface area contributed by atoms with Crippen LogP contribution in [0.25, 0.3) is 27.5 Å². The monoisotopic (exact) mass is 461 g/mol. The number of hydrogen-bond donors (Lipinski definition) is 2. The largest absolute Gasteiger partial charge is 0.481 e. The number of aryl methyl sites for hydroxylation is 1. The lowest BCUT2D eigenvalue weighted by atomic mass is 9.59. The SMILES string of the molecule is Cc1cc(-n2c(C(C)C)c(C(C)CC3(C)CC(C(=O)O)C3)c3cc4[nH]ncc4cc32)ccc1F. The average Bonchev–Trinajstić information content (AvgIpc) is 3.33. The predicted molar refractivity (Wildman–Crippen MR) is 133 cm³/mol. The lowest BCUT2D eigenvalue weighted by molar-refractivity contribution is -0.150. The van der Waals surface area contributed by atoms with Gasteiger partial charge in [0.2, 0.25) is 0 Å². The summed E-state index contributed by atoms with van der Waals surface area (Å²) in [6, 6.07) is 9.67. The van der Waals surface area contributed by atoms with E-state index in [4.69, 9.17) is 0 Å². The maximum Gasteiger partial charge on any atom is 0.306 e. The Kier molecular flexibility index (Phi) is 5.30. The molecule has 34 heavy (non-hydrogen) atoms. The molecule has 0 radical (unpaired) electrons. The molecular formula is C28H32FN3O2. The summed E-state index contributed by atoms with van der Waals surface area (Å²) in [4.78, 5) is 11.4. The standard InChI is InChI=1S/C28H32FN3O2/c1-15(2)26-25(17(4)11-28(5)12-19(13-28)27(33)34)21-10-23-18(14-30-31-23)9-24(21)32(26)20-6-7-22(29)16(3)8-20/h6-10,14-15,17,19H,11-13H2,1-5H3,(H,30,31)(H,33,34). The van der Waals surface area contributed by atoms with Gasteiger partial charge in [-0.05, 0) is 84.9 Å². The van der Waals surface area contributed by atoms with E-state index in [9.17, 15) is 14.3 Å². The van der Waals surface area contributed by atoms with E-state index in [1.165, 1.54) is 16.6 Å². The van der Waals surface area contributed by atoms with Crippen LogP contribution in [0.5, 0.6) is 0 Å². The van der Waals surface area contributed by atoms with Crippen LogP contribution in [0.3, 0.4) is 0 Å². The third kappa shape index (κ3) is 3.60. The van der Waals surface area contributed by atoms with Gasteiger partial charge < -0.3 is 9.67 Å². The number of hydrogen-bond acceptors (Lipinski definition) is 2. The Morgan fingerprint density at radius 3 is 2.65 bits per heavy atom. The maximum atomic E-state index is 14.1. The third-order valence-electron chi connectivity index (χ3n) is 7.67. The Hall–Kier alpha value is -3.15. The molecular weight excluding hydrogens is 429 g/mol. The van der Waals surface area contributed by atoms with Crippen molar-refractivity contribution in [3.8, 4) is 5.69 Å². The van der Waals surface area contributed by atoms with Crippen molar-refractivity contribution in [2.45, 2.75) is 65.7 Å². The van der Waals surface area contributed by atoms with Gasteiger partial charge in [-0.25, -0.2) is 4.39 Å². The summed E-state index contributed by atoms with van der Waals surface area (Å²) in [6.07, 6.45) is 4.22. The fourth-order valence-corrected chi connectivity index (χ4v) is 6.21. The molecule has 0 amide bonds. The smallest absolute Gasteiger partial charge is 0.306 e. The van der Waals surface area contributed by atoms with E-state index in [0.717, 1.165) is 41.4 Å². The highest BCUT2D eigenvalue weighted by molar-refractivity contribution is 5.99. The predicted octanol–water partition coefficient (Wildman–Crippen LogP) is 7.07. The number of aromatic nitrogens is 3. The molecule has 1 saturated carbocycles. The summed E-state index contributed by atoms with van der Waals surface area (Å²) in [5.41, 5.74) is 6.20. The molecule has 5 nitrogen and oxygen atoms in total. The molecule has 5 rings (SSSR count). The zero-order valence-corrected chi connectivity index (χ0v) is 20.4. The maximum absolute atomic E-state index is 14.1. The molecule has 4 aromatic rings. The average molecular weight is 462 g/mol. The zero-order chi connectivity index (χ0) is 24.4. The number of nitrogens with one attached hydrogen (secondary N) is 1. The van der Waals surface area contributed by atoms with Crippen LogP contribution in [0.15, 0.2) is 36.5 Å². The van der Waals surface area contributed by atoms with Gasteiger partial charge in [0.05, 0.1) is 23.1 Å². The molecule has 178 valence electrons. The van der Waals surface area contributed by atoms with Crippen molar-refractivity contribution < 1.29 is 14.3 Å². The van der Waals surface area contributed by atoms with Crippen molar-refractivity contribution in [2.75, 3.05) is 0 Å². The molecule has 0 aliphatic heterocycles. The summed E-state index contributed by atoms with van der Waals surface area (Å²) >= 11 is 0. The molecule has 1 aliphatic carbocycles. The van der Waals surface area contributed by atoms with Gasteiger partial charge in [0.15, 0.2) is 0 Å². The van der Waals surface area contributed by atoms with E-state index in [1.807, 2.05) is 18.3 Å². The molecule has 1 atom stereocenters. The minimum atomic E-state index is -0.682. The second-order valence-corrected chi connectivity index (χ2v) is 10.9. The topological polar surface area (TPSA) is 70.9 Å². The van der Waals surface area contributed by atoms with Crippen molar-refractivity contribution >= 4 is 27.8 Å². The normalized spacial score (nSPS) is 21.3. The number of rotatable bonds is 6. The van der Waals surface area contributed by atoms with Gasteiger partial charge in [-0.3, -0.25) is 9.89 Å². The number of nitrogens with zero attached hydrogens (tertiary/aromatic N) is 2. The Morgan fingerprint density at radius 1 is 1.26 bits per heavy atom. The second kappa shape index (κ2) is 7.97. The van der Waals surface area contributed by atoms with Gasteiger partial charge in [-0.1, -0.05) is 27.7 Å². The number of halogens is 1. The van der Waals surface area contributed by atoms with Crippen molar-refractivity contribution in [1.82, 2.24) is 14.8 Å². The fraction of sp³-hybridized carbons (Fsp3) is 0.429. The van der Waals surface area contributed by atoms with Gasteiger partial charge in [0, 0.05) is 22.2 Å². The molecule has 1 aliphatic rings. The summed E-state index contributed by atoms with van der Waals surface area (Å²) in [5.74, 6) is -0.633. The number of carboxylic acid groups (broad SMARTS) is 1. The van der Waals surface area contributed by atoms with E-state index in [0.29, 0.717) is 5.56 Å². The molecule has 1 unspecified atom stereocenters. The highest BCUT2D eigenvalue weighted by atomic mass is 19.1. The number of H-pyrrole nitrogens is 1. The molecule has 2 N–H and O–H groups in total. The van der Waals surface area contributed by atoms with E-state index >= 15 is 0 Å². The molecule has 2 heterocycles. The van der Waals surface area contributed by atoms with Crippen molar-refractivity contribution in [1.29, 1.82) is 0 Å². The second-order valence-electron chi connectivity index (χ2n) is 10.9. The van der Waals surface area contributed by atoms with E-state index in [1.54, 1.807) is 13.0 Å². The minimum Gasteiger partial charge on any atom is -0.481 e. The summed E-state index contributed by atoms with van der Waals surface area (Å²) < 4.78 is 16.4. The van der Waals surface area contributed by atoms with Crippen molar-refractivity contribution in [2.24, 2.45) is 11.3 Å². The number of carbonyl (C=O) groups is 1. The van der Waals surface area contributed by atoms with Gasteiger partial charge in [-0.15, -0.1) is 0 Å². The first-order valence-electron chi connectivity index (χ1n) is 12.1. The minimum absolute atomic E-state index is 0.0235. The van der Waals surface area contributed by atoms with Gasteiger partial charge >= 0.3 is 5.97 Å². The first kappa shape index (κ1) is 22.6. The first-order valence-corrected chi connectivity index (χ1v) is 12.1. The molecule has 2 aromatic heterocycles. The van der Waals surface area contributed by atoms with Crippen LogP contribution in [0.1, 0.15) is 75.6 Å². The number of aromatic amines is 1. The van der Waals surface area contributed by atoms with Crippen LogP contribution in [0.2, 0.25) is 0 Å². The van der Waals surface area contributed by atoms with Gasteiger partial charge in [0.25, 0.3) is 0 Å². The number of benzene rings is 2. The van der Waals surface area contributed by atoms with Crippen LogP contribution in [-0.4, -0.2) is 25.8 Å². The van der Waals surface area contributed by atoms with Gasteiger partial charge in [0.1, 0.15) is 5.82 Å². The van der Waals surface area contributed by atoms with E-state index in [2.05, 4.69) is 54.6 Å². The van der Waals surface area contributed by atoms with E-state index < -0.39 is 5.97 Å². The lowest BCUT2D eigenvalue weighted by Crippen LogP contribution is -2.39. The summed E-state index contributed by atoms with van der Waals surface area (Å²) in [5, 5.41) is 18.9. The molecule has 0 bridgehead atoms. The zero-order valence-electron chi connectivity index (χ0n) is 20.4. The Balaban J connectivity index is 1.71. The fourth-order valence-electron chi connectivity index (χ4n) is 6.21. The Labute approximate surface area is 199 Å². The summed E-state index contributed by atoms with van der Waals surface area (Å²) in [7, 11) is 0. The molecule has 0 spiro atoms. The number of carboxylic acids is 1. The van der Waals surface area contributed by atoms with Crippen molar-refractivity contribution in [3.05, 3.63) is 59.2 Å². The molecule has 0 saturated heterocycles. The van der Waals surface area contributed by atoms with Crippen LogP contribution < -0.4 is 0 Å². The highest BCUT2D eigenvalue weighted by Gasteiger charge is 2.45. The third-order valence-corrected chi connectivity index (χ3v) is 7.67. The highest BCUT2D eigenvalue weighted by Crippen LogP contribution is 2.52. The summed E-state index contributed by atoms with van der Waals surface area (Å²) in [6.45, 7) is 10.7. The molecule has 6 heteroatoms. The Morgan fingerprint density at radius 2 is 2.00 bits per heavy atom. The molecule has 1 fully saturated rings. The molecule has 2 aromatic carbocycles.